The Kier molecular flexibility index (Phi) is 4.25. The summed E-state index contributed by atoms with van der Waals surface area (Å²) in [6.45, 7) is 4.93. The first kappa shape index (κ1) is 14.7. The van der Waals surface area contributed by atoms with E-state index in [1.54, 1.807) is 19.1 Å². The second-order valence-electron chi connectivity index (χ2n) is 5.50. The first-order valence-corrected chi connectivity index (χ1v) is 6.71. The van der Waals surface area contributed by atoms with Gasteiger partial charge in [0.2, 0.25) is 5.91 Å². The minimum atomic E-state index is -1.03. The second-order valence-corrected chi connectivity index (χ2v) is 5.50. The third-order valence-electron chi connectivity index (χ3n) is 3.68. The normalized spacial score (nSPS) is 19.6. The molecule has 0 saturated carbocycles. The van der Waals surface area contributed by atoms with Gasteiger partial charge in [0.15, 0.2) is 0 Å². The number of piperazine rings is 1. The highest BCUT2D eigenvalue weighted by molar-refractivity contribution is 5.84. The van der Waals surface area contributed by atoms with Crippen LogP contribution in [-0.4, -0.2) is 49.1 Å². The molecule has 2 rings (SSSR count). The van der Waals surface area contributed by atoms with Gasteiger partial charge in [0, 0.05) is 32.7 Å². The maximum absolute atomic E-state index is 13.7. The van der Waals surface area contributed by atoms with Crippen LogP contribution in [0.15, 0.2) is 24.3 Å². The average molecular weight is 280 g/mol. The fourth-order valence-electron chi connectivity index (χ4n) is 2.40. The van der Waals surface area contributed by atoms with Gasteiger partial charge >= 0.3 is 0 Å². The zero-order valence-corrected chi connectivity index (χ0v) is 11.7. The molecule has 1 aliphatic heterocycles. The topological polar surface area (TPSA) is 75.6 Å². The number of para-hydroxylation sites is 1. The summed E-state index contributed by atoms with van der Waals surface area (Å²) >= 11 is 0. The van der Waals surface area contributed by atoms with E-state index in [1.165, 1.54) is 6.07 Å². The van der Waals surface area contributed by atoms with E-state index in [0.29, 0.717) is 25.3 Å². The van der Waals surface area contributed by atoms with Gasteiger partial charge in [-0.25, -0.2) is 4.39 Å². The summed E-state index contributed by atoms with van der Waals surface area (Å²) < 4.78 is 13.7. The van der Waals surface area contributed by atoms with Gasteiger partial charge in [-0.3, -0.25) is 9.69 Å². The highest BCUT2D eigenvalue weighted by Crippen LogP contribution is 2.20. The SMILES string of the molecule is CC(N)(CN1CCN(c2ccccc2F)CC1)C(N)=O. The highest BCUT2D eigenvalue weighted by Gasteiger charge is 2.30. The third kappa shape index (κ3) is 3.26. The summed E-state index contributed by atoms with van der Waals surface area (Å²) in [4.78, 5) is 15.3. The molecule has 5 nitrogen and oxygen atoms in total. The van der Waals surface area contributed by atoms with Crippen molar-refractivity contribution < 1.29 is 9.18 Å². The molecule has 1 aliphatic rings. The van der Waals surface area contributed by atoms with E-state index in [4.69, 9.17) is 11.5 Å². The molecule has 4 N–H and O–H groups in total. The first-order chi connectivity index (χ1) is 9.40. The van der Waals surface area contributed by atoms with Crippen molar-refractivity contribution in [1.29, 1.82) is 0 Å². The summed E-state index contributed by atoms with van der Waals surface area (Å²) in [5.74, 6) is -0.712. The first-order valence-electron chi connectivity index (χ1n) is 6.71. The van der Waals surface area contributed by atoms with Gasteiger partial charge in [-0.1, -0.05) is 12.1 Å². The lowest BCUT2D eigenvalue weighted by atomic mass is 10.0. The van der Waals surface area contributed by atoms with Gasteiger partial charge in [0.1, 0.15) is 11.4 Å². The van der Waals surface area contributed by atoms with E-state index in [9.17, 15) is 9.18 Å². The van der Waals surface area contributed by atoms with Gasteiger partial charge in [-0.2, -0.15) is 0 Å². The van der Waals surface area contributed by atoms with Crippen molar-refractivity contribution in [1.82, 2.24) is 4.90 Å². The van der Waals surface area contributed by atoms with Crippen molar-refractivity contribution in [3.63, 3.8) is 0 Å². The van der Waals surface area contributed by atoms with Crippen molar-refractivity contribution in [3.8, 4) is 0 Å². The number of benzene rings is 1. The predicted octanol–water partition coefficient (Wildman–Crippen LogP) is 0.150. The summed E-state index contributed by atoms with van der Waals surface area (Å²) in [5, 5.41) is 0. The van der Waals surface area contributed by atoms with Crippen LogP contribution in [0.1, 0.15) is 6.92 Å². The van der Waals surface area contributed by atoms with Crippen LogP contribution in [0.5, 0.6) is 0 Å². The number of anilines is 1. The number of hydrogen-bond donors (Lipinski definition) is 2. The number of hydrogen-bond acceptors (Lipinski definition) is 4. The van der Waals surface area contributed by atoms with Gasteiger partial charge < -0.3 is 16.4 Å². The molecule has 1 saturated heterocycles. The molecule has 6 heteroatoms. The third-order valence-corrected chi connectivity index (χ3v) is 3.68. The Balaban J connectivity index is 1.93. The average Bonchev–Trinajstić information content (AvgIpc) is 2.40. The fourth-order valence-corrected chi connectivity index (χ4v) is 2.40. The Hall–Kier alpha value is -1.66. The van der Waals surface area contributed by atoms with E-state index >= 15 is 0 Å². The zero-order valence-electron chi connectivity index (χ0n) is 11.7. The largest absolute Gasteiger partial charge is 0.368 e. The van der Waals surface area contributed by atoms with Crippen LogP contribution in [0.2, 0.25) is 0 Å². The minimum Gasteiger partial charge on any atom is -0.368 e. The molecule has 1 aromatic rings. The van der Waals surface area contributed by atoms with E-state index < -0.39 is 11.4 Å². The Morgan fingerprint density at radius 2 is 1.90 bits per heavy atom. The molecule has 0 bridgehead atoms. The number of amides is 1. The van der Waals surface area contributed by atoms with Crippen LogP contribution in [0.25, 0.3) is 0 Å². The van der Waals surface area contributed by atoms with E-state index in [0.717, 1.165) is 13.1 Å². The van der Waals surface area contributed by atoms with Crippen molar-refractivity contribution >= 4 is 11.6 Å². The quantitative estimate of drug-likeness (QED) is 0.823. The van der Waals surface area contributed by atoms with Crippen LogP contribution in [0, 0.1) is 5.82 Å². The summed E-state index contributed by atoms with van der Waals surface area (Å²) in [7, 11) is 0. The molecule has 110 valence electrons. The lowest BCUT2D eigenvalue weighted by Gasteiger charge is -2.38. The number of carbonyl (C=O) groups excluding carboxylic acids is 1. The van der Waals surface area contributed by atoms with Crippen molar-refractivity contribution in [2.75, 3.05) is 37.6 Å². The van der Waals surface area contributed by atoms with Gasteiger partial charge in [0.05, 0.1) is 5.69 Å². The van der Waals surface area contributed by atoms with E-state index in [-0.39, 0.29) is 5.82 Å². The summed E-state index contributed by atoms with van der Waals surface area (Å²) in [6.07, 6.45) is 0. The standard InChI is InChI=1S/C14H21FN4O/c1-14(17,13(16)20)10-18-6-8-19(9-7-18)12-5-3-2-4-11(12)15/h2-5H,6-10,17H2,1H3,(H2,16,20). The number of nitrogens with two attached hydrogens (primary N) is 2. The Morgan fingerprint density at radius 3 is 2.45 bits per heavy atom. The molecule has 1 atom stereocenters. The number of halogens is 1. The maximum atomic E-state index is 13.7. The molecule has 0 radical (unpaired) electrons. The molecule has 1 heterocycles. The molecule has 0 aliphatic carbocycles. The molecular formula is C14H21FN4O. The van der Waals surface area contributed by atoms with Crippen LogP contribution in [-0.2, 0) is 4.79 Å². The Morgan fingerprint density at radius 1 is 1.30 bits per heavy atom. The van der Waals surface area contributed by atoms with Gasteiger partial charge in [-0.05, 0) is 19.1 Å². The predicted molar refractivity (Wildman–Crippen MR) is 76.8 cm³/mol. The lowest BCUT2D eigenvalue weighted by Crippen LogP contribution is -2.59. The Bertz CT molecular complexity index is 484. The van der Waals surface area contributed by atoms with Crippen LogP contribution in [0.4, 0.5) is 10.1 Å². The molecule has 1 unspecified atom stereocenters. The molecule has 0 spiro atoms. The van der Waals surface area contributed by atoms with E-state index in [1.807, 2.05) is 11.0 Å². The van der Waals surface area contributed by atoms with Crippen LogP contribution < -0.4 is 16.4 Å². The number of nitrogens with zero attached hydrogens (tertiary/aromatic N) is 2. The molecule has 20 heavy (non-hydrogen) atoms. The Labute approximate surface area is 118 Å². The molecule has 1 aromatic carbocycles. The summed E-state index contributed by atoms with van der Waals surface area (Å²) in [5.41, 5.74) is 10.7. The van der Waals surface area contributed by atoms with Crippen LogP contribution in [0.3, 0.4) is 0 Å². The molecule has 0 aromatic heterocycles. The molecular weight excluding hydrogens is 259 g/mol. The second kappa shape index (κ2) is 5.76. The van der Waals surface area contributed by atoms with Gasteiger partial charge in [-0.15, -0.1) is 0 Å². The molecule has 1 amide bonds. The monoisotopic (exact) mass is 280 g/mol. The number of rotatable bonds is 4. The maximum Gasteiger partial charge on any atom is 0.238 e. The van der Waals surface area contributed by atoms with Crippen molar-refractivity contribution in [3.05, 3.63) is 30.1 Å². The van der Waals surface area contributed by atoms with Crippen molar-refractivity contribution in [2.24, 2.45) is 11.5 Å². The minimum absolute atomic E-state index is 0.207. The zero-order chi connectivity index (χ0) is 14.8. The molecule has 1 fully saturated rings. The fraction of sp³-hybridized carbons (Fsp3) is 0.500. The van der Waals surface area contributed by atoms with E-state index in [2.05, 4.69) is 4.90 Å². The van der Waals surface area contributed by atoms with Gasteiger partial charge in [0.25, 0.3) is 0 Å². The van der Waals surface area contributed by atoms with Crippen LogP contribution >= 0.6 is 0 Å². The number of carbonyl (C=O) groups is 1. The number of primary amides is 1. The van der Waals surface area contributed by atoms with Crippen molar-refractivity contribution in [2.45, 2.75) is 12.5 Å². The highest BCUT2D eigenvalue weighted by atomic mass is 19.1. The smallest absolute Gasteiger partial charge is 0.238 e. The summed E-state index contributed by atoms with van der Waals surface area (Å²) in [6, 6.07) is 6.75. The lowest BCUT2D eigenvalue weighted by molar-refractivity contribution is -0.123.